The molecule has 0 aliphatic heterocycles. The van der Waals surface area contributed by atoms with Gasteiger partial charge in [0, 0.05) is 36.3 Å². The molecule has 0 saturated heterocycles. The summed E-state index contributed by atoms with van der Waals surface area (Å²) in [6.07, 6.45) is 3.38. The molecule has 0 unspecified atom stereocenters. The number of hydrogen-bond donors (Lipinski definition) is 2. The van der Waals surface area contributed by atoms with E-state index >= 15 is 0 Å². The van der Waals surface area contributed by atoms with E-state index in [9.17, 15) is 0 Å². The van der Waals surface area contributed by atoms with Gasteiger partial charge in [0.15, 0.2) is 0 Å². The maximum Gasteiger partial charge on any atom is 0.215 e. The average molecular weight is 314 g/mol. The largest absolute Gasteiger partial charge is 0.481 e. The lowest BCUT2D eigenvalue weighted by atomic mass is 10.2. The van der Waals surface area contributed by atoms with Crippen LogP contribution in [0.5, 0.6) is 17.4 Å². The molecule has 7 heteroatoms. The van der Waals surface area contributed by atoms with Gasteiger partial charge < -0.3 is 14.2 Å². The Kier molecular flexibility index (Phi) is 4.27. The highest BCUT2D eigenvalue weighted by molar-refractivity contribution is 7.98. The normalized spacial score (nSPS) is 10.5. The number of pyridine rings is 2. The predicted octanol–water partition coefficient (Wildman–Crippen LogP) is 3.36. The summed E-state index contributed by atoms with van der Waals surface area (Å²) < 4.78 is 14.0. The third kappa shape index (κ3) is 3.05. The predicted molar refractivity (Wildman–Crippen MR) is 88.0 cm³/mol. The molecule has 0 saturated carbocycles. The molecular formula is C15H14N4O2S. The van der Waals surface area contributed by atoms with Crippen LogP contribution in [0.2, 0.25) is 0 Å². The minimum absolute atomic E-state index is 0.520. The van der Waals surface area contributed by atoms with Gasteiger partial charge in [-0.05, 0) is 30.3 Å². The Morgan fingerprint density at radius 3 is 2.68 bits per heavy atom. The molecule has 3 aromatic rings. The van der Waals surface area contributed by atoms with E-state index in [0.717, 1.165) is 34.5 Å². The Balaban J connectivity index is 1.90. The Morgan fingerprint density at radius 2 is 1.95 bits per heavy atom. The molecule has 1 aromatic carbocycles. The summed E-state index contributed by atoms with van der Waals surface area (Å²) >= 11 is 1.05. The van der Waals surface area contributed by atoms with Crippen LogP contribution in [0.3, 0.4) is 0 Å². The van der Waals surface area contributed by atoms with Gasteiger partial charge in [-0.15, -0.1) is 0 Å². The van der Waals surface area contributed by atoms with E-state index in [0.29, 0.717) is 11.6 Å². The first-order valence-corrected chi connectivity index (χ1v) is 7.36. The van der Waals surface area contributed by atoms with E-state index < -0.39 is 0 Å². The smallest absolute Gasteiger partial charge is 0.215 e. The molecule has 0 spiro atoms. The fourth-order valence-corrected chi connectivity index (χ4v) is 2.26. The number of aromatic nitrogens is 2. The van der Waals surface area contributed by atoms with Crippen molar-refractivity contribution in [2.75, 3.05) is 11.8 Å². The van der Waals surface area contributed by atoms with Gasteiger partial charge in [0.25, 0.3) is 0 Å². The highest BCUT2D eigenvalue weighted by atomic mass is 32.2. The maximum atomic E-state index is 5.91. The molecule has 2 aromatic heterocycles. The zero-order chi connectivity index (χ0) is 15.4. The standard InChI is InChI=1S/C15H14N4O2S/c1-20-15-8-13-12(9-18-15)14(6-7-17-13)21-11-4-2-10(3-5-11)19-22-16/h2-9,19H,16H2,1H3. The minimum atomic E-state index is 0.520. The van der Waals surface area contributed by atoms with E-state index in [1.807, 2.05) is 24.3 Å². The van der Waals surface area contributed by atoms with Crippen molar-refractivity contribution in [2.45, 2.75) is 0 Å². The lowest BCUT2D eigenvalue weighted by molar-refractivity contribution is 0.398. The van der Waals surface area contributed by atoms with Gasteiger partial charge in [-0.25, -0.2) is 4.98 Å². The molecule has 0 aliphatic rings. The van der Waals surface area contributed by atoms with Crippen molar-refractivity contribution in [3.05, 3.63) is 48.8 Å². The highest BCUT2D eigenvalue weighted by Gasteiger charge is 2.06. The topological polar surface area (TPSA) is 82.3 Å². The van der Waals surface area contributed by atoms with Gasteiger partial charge in [-0.3, -0.25) is 10.1 Å². The zero-order valence-corrected chi connectivity index (χ0v) is 12.6. The number of anilines is 1. The number of benzene rings is 1. The van der Waals surface area contributed by atoms with Crippen molar-refractivity contribution in [1.29, 1.82) is 0 Å². The van der Waals surface area contributed by atoms with Crippen molar-refractivity contribution in [1.82, 2.24) is 9.97 Å². The monoisotopic (exact) mass is 314 g/mol. The number of methoxy groups -OCH3 is 1. The summed E-state index contributed by atoms with van der Waals surface area (Å²) in [5, 5.41) is 6.18. The highest BCUT2D eigenvalue weighted by Crippen LogP contribution is 2.30. The second-order valence-corrected chi connectivity index (χ2v) is 4.84. The molecule has 22 heavy (non-hydrogen) atoms. The molecule has 0 fully saturated rings. The van der Waals surface area contributed by atoms with E-state index in [2.05, 4.69) is 14.7 Å². The Labute approximate surface area is 131 Å². The number of nitrogens with two attached hydrogens (primary N) is 1. The van der Waals surface area contributed by atoms with Gasteiger partial charge >= 0.3 is 0 Å². The third-order valence-electron chi connectivity index (χ3n) is 3.03. The molecule has 0 atom stereocenters. The number of fused-ring (bicyclic) bond motifs is 1. The molecule has 3 rings (SSSR count). The third-order valence-corrected chi connectivity index (χ3v) is 3.38. The van der Waals surface area contributed by atoms with E-state index in [-0.39, 0.29) is 0 Å². The summed E-state index contributed by atoms with van der Waals surface area (Å²) in [5.74, 6) is 1.93. The summed E-state index contributed by atoms with van der Waals surface area (Å²) in [7, 11) is 1.57. The van der Waals surface area contributed by atoms with Crippen molar-refractivity contribution in [3.8, 4) is 17.4 Å². The first kappa shape index (κ1) is 14.4. The maximum absolute atomic E-state index is 5.91. The van der Waals surface area contributed by atoms with Crippen molar-refractivity contribution < 1.29 is 9.47 Å². The fourth-order valence-electron chi connectivity index (χ4n) is 1.98. The van der Waals surface area contributed by atoms with E-state index in [4.69, 9.17) is 14.6 Å². The average Bonchev–Trinajstić information content (AvgIpc) is 2.56. The fraction of sp³-hybridized carbons (Fsp3) is 0.0667. The van der Waals surface area contributed by atoms with E-state index in [1.54, 1.807) is 31.6 Å². The summed E-state index contributed by atoms with van der Waals surface area (Å²) in [6.45, 7) is 0. The molecule has 3 N–H and O–H groups in total. The summed E-state index contributed by atoms with van der Waals surface area (Å²) in [4.78, 5) is 8.50. The molecule has 2 heterocycles. The summed E-state index contributed by atoms with van der Waals surface area (Å²) in [5.41, 5.74) is 1.67. The Morgan fingerprint density at radius 1 is 1.14 bits per heavy atom. The molecule has 0 aliphatic carbocycles. The first-order chi connectivity index (χ1) is 10.8. The van der Waals surface area contributed by atoms with Gasteiger partial charge in [-0.2, -0.15) is 0 Å². The zero-order valence-electron chi connectivity index (χ0n) is 11.8. The van der Waals surface area contributed by atoms with Crippen molar-refractivity contribution in [3.63, 3.8) is 0 Å². The molecule has 0 amide bonds. The van der Waals surface area contributed by atoms with Gasteiger partial charge in [0.05, 0.1) is 18.0 Å². The second-order valence-electron chi connectivity index (χ2n) is 4.40. The van der Waals surface area contributed by atoms with Crippen LogP contribution in [0.25, 0.3) is 10.9 Å². The lowest BCUT2D eigenvalue weighted by Gasteiger charge is -2.09. The first-order valence-electron chi connectivity index (χ1n) is 6.48. The molecule has 112 valence electrons. The summed E-state index contributed by atoms with van der Waals surface area (Å²) in [6, 6.07) is 11.1. The van der Waals surface area contributed by atoms with Crippen molar-refractivity contribution in [2.24, 2.45) is 5.14 Å². The van der Waals surface area contributed by atoms with Gasteiger partial charge in [-0.1, -0.05) is 0 Å². The lowest BCUT2D eigenvalue weighted by Crippen LogP contribution is -1.93. The number of ether oxygens (including phenoxy) is 2. The number of nitrogens with zero attached hydrogens (tertiary/aromatic N) is 2. The Hall–Kier alpha value is -2.51. The van der Waals surface area contributed by atoms with Crippen LogP contribution in [0.1, 0.15) is 0 Å². The second kappa shape index (κ2) is 6.50. The minimum Gasteiger partial charge on any atom is -0.481 e. The molecule has 0 radical (unpaired) electrons. The van der Waals surface area contributed by atoms with Crippen LogP contribution in [-0.2, 0) is 0 Å². The van der Waals surface area contributed by atoms with Gasteiger partial charge in [0.1, 0.15) is 11.5 Å². The molecular weight excluding hydrogens is 300 g/mol. The molecule has 6 nitrogen and oxygen atoms in total. The number of rotatable bonds is 5. The van der Waals surface area contributed by atoms with Crippen LogP contribution in [-0.4, -0.2) is 17.1 Å². The molecule has 0 bridgehead atoms. The van der Waals surface area contributed by atoms with Crippen LogP contribution in [0.4, 0.5) is 5.69 Å². The number of nitrogens with one attached hydrogen (secondary N) is 1. The SMILES string of the molecule is COc1cc2nccc(Oc3ccc(NSN)cc3)c2cn1. The van der Waals surface area contributed by atoms with Gasteiger partial charge in [0.2, 0.25) is 5.88 Å². The Bertz CT molecular complexity index is 780. The number of hydrogen-bond acceptors (Lipinski definition) is 7. The van der Waals surface area contributed by atoms with Crippen LogP contribution in [0.15, 0.2) is 48.8 Å². The van der Waals surface area contributed by atoms with Crippen molar-refractivity contribution >= 4 is 28.7 Å². The van der Waals surface area contributed by atoms with Crippen LogP contribution in [0, 0.1) is 0 Å². The van der Waals surface area contributed by atoms with E-state index in [1.165, 1.54) is 0 Å². The van der Waals surface area contributed by atoms with Crippen LogP contribution < -0.4 is 19.3 Å². The van der Waals surface area contributed by atoms with Crippen LogP contribution >= 0.6 is 12.1 Å². The quantitative estimate of drug-likeness (QED) is 0.699.